The summed E-state index contributed by atoms with van der Waals surface area (Å²) < 4.78 is 0. The number of nitrogens with zero attached hydrogens (tertiary/aromatic N) is 1. The van der Waals surface area contributed by atoms with Gasteiger partial charge in [0.15, 0.2) is 0 Å². The topological polar surface area (TPSA) is 75.4 Å². The summed E-state index contributed by atoms with van der Waals surface area (Å²) in [5.41, 5.74) is 9.39. The Balaban J connectivity index is 1.83. The van der Waals surface area contributed by atoms with E-state index < -0.39 is 0 Å². The van der Waals surface area contributed by atoms with Crippen molar-refractivity contribution in [2.24, 2.45) is 11.7 Å². The molecule has 0 aromatic heterocycles. The number of benzene rings is 2. The minimum atomic E-state index is -0.389. The molecule has 3 rings (SSSR count). The molecule has 27 heavy (non-hydrogen) atoms. The van der Waals surface area contributed by atoms with E-state index in [4.69, 9.17) is 5.73 Å². The molecule has 1 fully saturated rings. The number of piperidine rings is 1. The van der Waals surface area contributed by atoms with E-state index in [-0.39, 0.29) is 23.8 Å². The lowest BCUT2D eigenvalue weighted by molar-refractivity contribution is -0.125. The highest BCUT2D eigenvalue weighted by molar-refractivity contribution is 5.96. The van der Waals surface area contributed by atoms with Crippen LogP contribution >= 0.6 is 0 Å². The van der Waals surface area contributed by atoms with Gasteiger partial charge in [0.05, 0.1) is 0 Å². The smallest absolute Gasteiger partial charge is 0.246 e. The Morgan fingerprint density at radius 1 is 1.07 bits per heavy atom. The van der Waals surface area contributed by atoms with Gasteiger partial charge in [0, 0.05) is 11.6 Å². The van der Waals surface area contributed by atoms with Crippen LogP contribution in [0.3, 0.4) is 0 Å². The van der Waals surface area contributed by atoms with Crippen LogP contribution in [0.4, 0.5) is 5.69 Å². The summed E-state index contributed by atoms with van der Waals surface area (Å²) in [6, 6.07) is 15.5. The number of carbonyl (C=O) groups is 2. The Morgan fingerprint density at radius 3 is 2.37 bits per heavy atom. The largest absolute Gasteiger partial charge is 0.369 e. The Morgan fingerprint density at radius 2 is 1.74 bits per heavy atom. The maximum atomic E-state index is 13.2. The molecular formula is C22H27N3O2. The predicted molar refractivity (Wildman–Crippen MR) is 107 cm³/mol. The van der Waals surface area contributed by atoms with Gasteiger partial charge in [-0.2, -0.15) is 0 Å². The second-order valence-corrected chi connectivity index (χ2v) is 7.33. The fourth-order valence-electron chi connectivity index (χ4n) is 3.68. The van der Waals surface area contributed by atoms with Gasteiger partial charge in [0.2, 0.25) is 11.8 Å². The molecule has 1 saturated heterocycles. The maximum absolute atomic E-state index is 13.2. The van der Waals surface area contributed by atoms with E-state index >= 15 is 0 Å². The molecule has 1 aliphatic heterocycles. The van der Waals surface area contributed by atoms with Gasteiger partial charge in [-0.3, -0.25) is 14.5 Å². The monoisotopic (exact) mass is 365 g/mol. The molecule has 0 saturated carbocycles. The first-order valence-electron chi connectivity index (χ1n) is 9.42. The molecule has 1 atom stereocenters. The first kappa shape index (κ1) is 19.1. The van der Waals surface area contributed by atoms with Gasteiger partial charge >= 0.3 is 0 Å². The van der Waals surface area contributed by atoms with E-state index in [2.05, 4.69) is 10.2 Å². The Hall–Kier alpha value is -2.66. The summed E-state index contributed by atoms with van der Waals surface area (Å²) in [7, 11) is 0. The molecule has 3 N–H and O–H groups in total. The van der Waals surface area contributed by atoms with Crippen molar-refractivity contribution >= 4 is 17.5 Å². The van der Waals surface area contributed by atoms with Crippen molar-refractivity contribution in [3.63, 3.8) is 0 Å². The molecule has 1 heterocycles. The second kappa shape index (κ2) is 8.35. The molecule has 0 spiro atoms. The number of rotatable bonds is 5. The van der Waals surface area contributed by atoms with Crippen molar-refractivity contribution in [2.45, 2.75) is 32.7 Å². The highest BCUT2D eigenvalue weighted by Crippen LogP contribution is 2.29. The second-order valence-electron chi connectivity index (χ2n) is 7.33. The van der Waals surface area contributed by atoms with Crippen molar-refractivity contribution in [2.75, 3.05) is 18.4 Å². The Bertz CT molecular complexity index is 812. The minimum absolute atomic E-state index is 0.0487. The summed E-state index contributed by atoms with van der Waals surface area (Å²) in [6.45, 7) is 5.35. The number of hydrogen-bond acceptors (Lipinski definition) is 3. The number of likely N-dealkylation sites (tertiary alicyclic amines) is 1. The maximum Gasteiger partial charge on any atom is 0.246 e. The van der Waals surface area contributed by atoms with E-state index in [0.717, 1.165) is 22.4 Å². The molecule has 142 valence electrons. The van der Waals surface area contributed by atoms with E-state index in [0.29, 0.717) is 25.9 Å². The summed E-state index contributed by atoms with van der Waals surface area (Å²) >= 11 is 0. The molecule has 1 aliphatic rings. The number of nitrogens with two attached hydrogens (primary N) is 1. The number of anilines is 1. The van der Waals surface area contributed by atoms with Crippen molar-refractivity contribution < 1.29 is 9.59 Å². The fourth-order valence-corrected chi connectivity index (χ4v) is 3.68. The zero-order valence-corrected chi connectivity index (χ0v) is 15.9. The van der Waals surface area contributed by atoms with Gasteiger partial charge in [-0.15, -0.1) is 0 Å². The van der Waals surface area contributed by atoms with Crippen LogP contribution in [0.2, 0.25) is 0 Å². The minimum Gasteiger partial charge on any atom is -0.369 e. The van der Waals surface area contributed by atoms with Crippen LogP contribution in [-0.2, 0) is 9.59 Å². The van der Waals surface area contributed by atoms with Gasteiger partial charge in [-0.1, -0.05) is 42.5 Å². The number of primary amides is 1. The number of amides is 2. The van der Waals surface area contributed by atoms with Crippen LogP contribution in [0.1, 0.15) is 35.6 Å². The van der Waals surface area contributed by atoms with Crippen LogP contribution in [0, 0.1) is 19.8 Å². The summed E-state index contributed by atoms with van der Waals surface area (Å²) in [6.07, 6.45) is 1.38. The van der Waals surface area contributed by atoms with E-state index in [1.807, 2.05) is 62.4 Å². The van der Waals surface area contributed by atoms with Crippen LogP contribution in [0.25, 0.3) is 0 Å². The van der Waals surface area contributed by atoms with Crippen LogP contribution in [-0.4, -0.2) is 29.8 Å². The molecule has 5 nitrogen and oxygen atoms in total. The van der Waals surface area contributed by atoms with Gasteiger partial charge in [0.1, 0.15) is 6.04 Å². The van der Waals surface area contributed by atoms with Crippen molar-refractivity contribution in [1.29, 1.82) is 0 Å². The average molecular weight is 365 g/mol. The summed E-state index contributed by atoms with van der Waals surface area (Å²) in [5, 5.41) is 3.11. The van der Waals surface area contributed by atoms with Crippen molar-refractivity contribution in [3.8, 4) is 0 Å². The molecule has 2 aromatic carbocycles. The standard InChI is InChI=1S/C22H27N3O2/c1-15-8-9-16(2)19(14-15)24-22(27)20(17-6-4-3-5-7-17)25-12-10-18(11-13-25)21(23)26/h3-9,14,18,20H,10-13H2,1-2H3,(H2,23,26)(H,24,27). The normalized spacial score (nSPS) is 16.7. The predicted octanol–water partition coefficient (Wildman–Crippen LogP) is 3.18. The van der Waals surface area contributed by atoms with Crippen LogP contribution < -0.4 is 11.1 Å². The SMILES string of the molecule is Cc1ccc(C)c(NC(=O)C(c2ccccc2)N2CCC(C(N)=O)CC2)c1. The lowest BCUT2D eigenvalue weighted by atomic mass is 9.93. The van der Waals surface area contributed by atoms with E-state index in [1.54, 1.807) is 0 Å². The summed E-state index contributed by atoms with van der Waals surface area (Å²) in [4.78, 5) is 26.9. The molecule has 5 heteroatoms. The van der Waals surface area contributed by atoms with Gasteiger partial charge in [0.25, 0.3) is 0 Å². The average Bonchev–Trinajstić information content (AvgIpc) is 2.66. The zero-order chi connectivity index (χ0) is 19.4. The lowest BCUT2D eigenvalue weighted by Gasteiger charge is -2.36. The molecule has 1 unspecified atom stereocenters. The highest BCUT2D eigenvalue weighted by Gasteiger charge is 2.32. The van der Waals surface area contributed by atoms with Crippen molar-refractivity contribution in [3.05, 3.63) is 65.2 Å². The first-order valence-corrected chi connectivity index (χ1v) is 9.42. The number of carbonyl (C=O) groups excluding carboxylic acids is 2. The molecule has 0 aliphatic carbocycles. The molecule has 2 aromatic rings. The van der Waals surface area contributed by atoms with Gasteiger partial charge < -0.3 is 11.1 Å². The van der Waals surface area contributed by atoms with Gasteiger partial charge in [-0.25, -0.2) is 0 Å². The van der Waals surface area contributed by atoms with E-state index in [1.165, 1.54) is 0 Å². The first-order chi connectivity index (χ1) is 13.0. The third-order valence-electron chi connectivity index (χ3n) is 5.31. The quantitative estimate of drug-likeness (QED) is 0.854. The lowest BCUT2D eigenvalue weighted by Crippen LogP contribution is -2.44. The third-order valence-corrected chi connectivity index (χ3v) is 5.31. The Labute approximate surface area is 160 Å². The fraction of sp³-hybridized carbons (Fsp3) is 0.364. The van der Waals surface area contributed by atoms with Gasteiger partial charge in [-0.05, 0) is 62.5 Å². The molecule has 0 radical (unpaired) electrons. The molecule has 0 bridgehead atoms. The Kier molecular flexibility index (Phi) is 5.91. The molecule has 2 amide bonds. The summed E-state index contributed by atoms with van der Waals surface area (Å²) in [5.74, 6) is -0.391. The third kappa shape index (κ3) is 4.55. The van der Waals surface area contributed by atoms with Crippen LogP contribution in [0.15, 0.2) is 48.5 Å². The number of hydrogen-bond donors (Lipinski definition) is 2. The van der Waals surface area contributed by atoms with Crippen molar-refractivity contribution in [1.82, 2.24) is 4.90 Å². The highest BCUT2D eigenvalue weighted by atomic mass is 16.2. The zero-order valence-electron chi connectivity index (χ0n) is 15.9. The number of aryl methyl sites for hydroxylation is 2. The number of nitrogens with one attached hydrogen (secondary N) is 1. The molecular weight excluding hydrogens is 338 g/mol. The van der Waals surface area contributed by atoms with Crippen LogP contribution in [0.5, 0.6) is 0 Å². The van der Waals surface area contributed by atoms with E-state index in [9.17, 15) is 9.59 Å².